The average Bonchev–Trinajstić information content (AvgIpc) is 3.19. The van der Waals surface area contributed by atoms with Crippen molar-refractivity contribution >= 4 is 52.1 Å². The molecular weight excluding hydrogens is 547 g/mol. The Kier molecular flexibility index (Phi) is 6.53. The summed E-state index contributed by atoms with van der Waals surface area (Å²) in [6.07, 6.45) is -1.25. The van der Waals surface area contributed by atoms with Gasteiger partial charge in [-0.05, 0) is 23.9 Å². The summed E-state index contributed by atoms with van der Waals surface area (Å²) in [5.74, 6) is -0.175. The second kappa shape index (κ2) is 8.53. The van der Waals surface area contributed by atoms with Crippen molar-refractivity contribution in [2.45, 2.75) is 24.7 Å². The highest BCUT2D eigenvalue weighted by Crippen LogP contribution is 2.71. The van der Waals surface area contributed by atoms with Crippen LogP contribution in [0.15, 0.2) is 6.33 Å². The van der Waals surface area contributed by atoms with Gasteiger partial charge in [0.15, 0.2) is 17.0 Å². The van der Waals surface area contributed by atoms with E-state index in [9.17, 15) is 33.7 Å². The van der Waals surface area contributed by atoms with Crippen molar-refractivity contribution < 1.29 is 56.6 Å². The lowest BCUT2D eigenvalue weighted by Gasteiger charge is -2.24. The standard InChI is InChI=1S/C13H19ClN5O12P3/c1-15-10-6-11(18-12(14)17-10)19(4-16-6)7-5-2-13(5,9(21)8(7)20)3-29-33(25,26)31-34(27,28)30-32(22,23)24/h4-5,7-9,20-21H,2-3H2,1H3,(H,25,26)(H,27,28)(H,15,17,18)(H2,22,23,24)/t5?,7?,8?,9?,13-/m0/s1. The maximum absolute atomic E-state index is 12.1. The van der Waals surface area contributed by atoms with Crippen LogP contribution < -0.4 is 5.32 Å². The van der Waals surface area contributed by atoms with Crippen molar-refractivity contribution in [2.24, 2.45) is 11.3 Å². The molecule has 2 aliphatic rings. The van der Waals surface area contributed by atoms with E-state index in [1.807, 2.05) is 0 Å². The van der Waals surface area contributed by atoms with Crippen LogP contribution in [0.5, 0.6) is 0 Å². The normalized spacial score (nSPS) is 32.2. The van der Waals surface area contributed by atoms with Crippen LogP contribution in [0.2, 0.25) is 5.28 Å². The first kappa shape index (κ1) is 26.0. The molecular formula is C13H19ClN5O12P3. The second-order valence-electron chi connectivity index (χ2n) is 7.75. The number of imidazole rings is 1. The SMILES string of the molecule is CNc1nc(Cl)nc2c1ncn2C1C(O)C(O)[C@]2(COP(=O)(O)OP(=O)(O)OP(=O)(O)O)CC12. The van der Waals surface area contributed by atoms with E-state index in [1.54, 1.807) is 7.05 Å². The monoisotopic (exact) mass is 565 g/mol. The molecule has 2 aliphatic carbocycles. The molecule has 0 saturated heterocycles. The van der Waals surface area contributed by atoms with Crippen molar-refractivity contribution in [1.29, 1.82) is 0 Å². The lowest BCUT2D eigenvalue weighted by atomic mass is 10.0. The third kappa shape index (κ3) is 4.82. The number of hydrogen-bond donors (Lipinski definition) is 7. The van der Waals surface area contributed by atoms with Crippen molar-refractivity contribution in [2.75, 3.05) is 19.0 Å². The van der Waals surface area contributed by atoms with Gasteiger partial charge < -0.3 is 39.7 Å². The number of aliphatic hydroxyl groups is 2. The highest BCUT2D eigenvalue weighted by atomic mass is 35.5. The Morgan fingerprint density at radius 3 is 2.47 bits per heavy atom. The molecule has 17 nitrogen and oxygen atoms in total. The second-order valence-corrected chi connectivity index (χ2v) is 12.5. The molecule has 6 unspecified atom stereocenters. The maximum atomic E-state index is 12.1. The van der Waals surface area contributed by atoms with Gasteiger partial charge in [-0.25, -0.2) is 18.7 Å². The van der Waals surface area contributed by atoms with Crippen LogP contribution in [-0.2, 0) is 26.8 Å². The topological polar surface area (TPSA) is 256 Å². The molecule has 2 saturated carbocycles. The summed E-state index contributed by atoms with van der Waals surface area (Å²) in [6, 6.07) is -0.791. The zero-order valence-corrected chi connectivity index (χ0v) is 20.4. The summed E-state index contributed by atoms with van der Waals surface area (Å²) in [4.78, 5) is 48.5. The Bertz CT molecular complexity index is 1270. The van der Waals surface area contributed by atoms with Crippen LogP contribution in [0.3, 0.4) is 0 Å². The molecule has 0 aromatic carbocycles. The number of aromatic nitrogens is 4. The van der Waals surface area contributed by atoms with Gasteiger partial charge in [-0.2, -0.15) is 18.6 Å². The van der Waals surface area contributed by atoms with Gasteiger partial charge in [0.25, 0.3) is 0 Å². The lowest BCUT2D eigenvalue weighted by Crippen LogP contribution is -2.35. The molecule has 34 heavy (non-hydrogen) atoms. The van der Waals surface area contributed by atoms with Crippen LogP contribution in [0.1, 0.15) is 12.5 Å². The number of halogens is 1. The first-order chi connectivity index (χ1) is 15.6. The molecule has 0 spiro atoms. The highest BCUT2D eigenvalue weighted by Gasteiger charge is 2.72. The molecule has 0 radical (unpaired) electrons. The van der Waals surface area contributed by atoms with E-state index in [0.29, 0.717) is 11.3 Å². The number of phosphoric acid groups is 3. The molecule has 190 valence electrons. The molecule has 2 aromatic rings. The number of nitrogens with zero attached hydrogens (tertiary/aromatic N) is 4. The predicted molar refractivity (Wildman–Crippen MR) is 111 cm³/mol. The van der Waals surface area contributed by atoms with E-state index in [1.165, 1.54) is 10.9 Å². The van der Waals surface area contributed by atoms with E-state index < -0.39 is 59.7 Å². The zero-order chi connectivity index (χ0) is 25.3. The van der Waals surface area contributed by atoms with E-state index >= 15 is 0 Å². The van der Waals surface area contributed by atoms with E-state index in [-0.39, 0.29) is 17.4 Å². The van der Waals surface area contributed by atoms with Gasteiger partial charge in [-0.1, -0.05) is 0 Å². The van der Waals surface area contributed by atoms with Gasteiger partial charge in [-0.15, -0.1) is 0 Å². The summed E-state index contributed by atoms with van der Waals surface area (Å²) in [6.45, 7) is -0.708. The summed E-state index contributed by atoms with van der Waals surface area (Å²) < 4.78 is 47.8. The molecule has 0 aliphatic heterocycles. The first-order valence-electron chi connectivity index (χ1n) is 9.31. The van der Waals surface area contributed by atoms with Gasteiger partial charge in [0.1, 0.15) is 6.10 Å². The van der Waals surface area contributed by atoms with Gasteiger partial charge in [0.2, 0.25) is 5.28 Å². The first-order valence-corrected chi connectivity index (χ1v) is 14.2. The fourth-order valence-corrected chi connectivity index (χ4v) is 7.58. The van der Waals surface area contributed by atoms with Gasteiger partial charge >= 0.3 is 23.5 Å². The number of fused-ring (bicyclic) bond motifs is 2. The molecule has 7 N–H and O–H groups in total. The smallest absolute Gasteiger partial charge is 0.390 e. The number of hydrogen-bond acceptors (Lipinski definition) is 12. The molecule has 2 heterocycles. The van der Waals surface area contributed by atoms with Crippen LogP contribution in [0.4, 0.5) is 5.82 Å². The highest BCUT2D eigenvalue weighted by molar-refractivity contribution is 7.66. The van der Waals surface area contributed by atoms with Crippen LogP contribution in [0, 0.1) is 11.3 Å². The fraction of sp³-hybridized carbons (Fsp3) is 0.615. The van der Waals surface area contributed by atoms with Crippen molar-refractivity contribution in [3.63, 3.8) is 0 Å². The largest absolute Gasteiger partial charge is 0.490 e. The predicted octanol–water partition coefficient (Wildman–Crippen LogP) is 0.147. The van der Waals surface area contributed by atoms with Gasteiger partial charge in [-0.3, -0.25) is 4.52 Å². The van der Waals surface area contributed by atoms with E-state index in [4.69, 9.17) is 25.9 Å². The minimum atomic E-state index is -5.68. The Morgan fingerprint density at radius 2 is 1.85 bits per heavy atom. The molecule has 21 heteroatoms. The molecule has 2 aromatic heterocycles. The van der Waals surface area contributed by atoms with Crippen LogP contribution in [-0.4, -0.2) is 75.2 Å². The van der Waals surface area contributed by atoms with Crippen LogP contribution >= 0.6 is 35.1 Å². The van der Waals surface area contributed by atoms with Gasteiger partial charge in [0.05, 0.1) is 25.1 Å². The molecule has 0 bridgehead atoms. The summed E-state index contributed by atoms with van der Waals surface area (Å²) >= 11 is 5.96. The molecule has 2 fully saturated rings. The molecule has 0 amide bonds. The van der Waals surface area contributed by atoms with Crippen LogP contribution in [0.25, 0.3) is 11.2 Å². The van der Waals surface area contributed by atoms with Crippen molar-refractivity contribution in [3.8, 4) is 0 Å². The third-order valence-corrected chi connectivity index (χ3v) is 9.67. The van der Waals surface area contributed by atoms with E-state index in [0.717, 1.165) is 0 Å². The van der Waals surface area contributed by atoms with E-state index in [2.05, 4.69) is 28.9 Å². The Balaban J connectivity index is 1.53. The lowest BCUT2D eigenvalue weighted by molar-refractivity contribution is -0.0297. The van der Waals surface area contributed by atoms with Crippen molar-refractivity contribution in [3.05, 3.63) is 11.6 Å². The number of aliphatic hydroxyl groups excluding tert-OH is 2. The maximum Gasteiger partial charge on any atom is 0.490 e. The Morgan fingerprint density at radius 1 is 1.18 bits per heavy atom. The average molecular weight is 566 g/mol. The van der Waals surface area contributed by atoms with Crippen molar-refractivity contribution in [1.82, 2.24) is 19.5 Å². The Labute approximate surface area is 195 Å². The minimum absolute atomic E-state index is 0.0960. The zero-order valence-electron chi connectivity index (χ0n) is 16.9. The Hall–Kier alpha value is -1.03. The minimum Gasteiger partial charge on any atom is -0.390 e. The summed E-state index contributed by atoms with van der Waals surface area (Å²) in [5.41, 5.74) is -0.634. The number of nitrogens with one attached hydrogen (secondary N) is 1. The molecule has 4 rings (SSSR count). The quantitative estimate of drug-likeness (QED) is 0.158. The van der Waals surface area contributed by atoms with Gasteiger partial charge in [0, 0.05) is 12.5 Å². The summed E-state index contributed by atoms with van der Waals surface area (Å²) in [5, 5.41) is 24.1. The molecule has 7 atom stereocenters. The number of anilines is 1. The third-order valence-electron chi connectivity index (χ3n) is 5.72. The fourth-order valence-electron chi connectivity index (χ4n) is 4.31. The number of phosphoric ester groups is 1. The summed E-state index contributed by atoms with van der Waals surface area (Å²) in [7, 11) is -15.0. The number of rotatable bonds is 9.